The van der Waals surface area contributed by atoms with Gasteiger partial charge in [-0.25, -0.2) is 21.2 Å². The van der Waals surface area contributed by atoms with Crippen LogP contribution in [0.2, 0.25) is 0 Å². The average molecular weight is 494 g/mol. The van der Waals surface area contributed by atoms with Gasteiger partial charge in [0.25, 0.3) is 15.9 Å². The smallest absolute Gasteiger partial charge is 0.261 e. The normalized spacial score (nSPS) is 17.7. The summed E-state index contributed by atoms with van der Waals surface area (Å²) in [7, 11) is -5.87. The molecule has 0 bridgehead atoms. The van der Waals surface area contributed by atoms with E-state index in [1.54, 1.807) is 0 Å². The summed E-state index contributed by atoms with van der Waals surface area (Å²) in [6.45, 7) is 0. The summed E-state index contributed by atoms with van der Waals surface area (Å²) in [5.41, 5.74) is -0.201. The lowest BCUT2D eigenvalue weighted by Crippen LogP contribution is -2.38. The largest absolute Gasteiger partial charge is 0.338 e. The molecular formula is C21H20FN3O6S2. The second-order valence-corrected chi connectivity index (χ2v) is 11.8. The second-order valence-electron chi connectivity index (χ2n) is 7.84. The molecule has 1 saturated heterocycles. The number of amides is 1. The lowest BCUT2D eigenvalue weighted by Gasteiger charge is -2.24. The molecule has 0 saturated carbocycles. The van der Waals surface area contributed by atoms with Gasteiger partial charge < -0.3 is 9.88 Å². The van der Waals surface area contributed by atoms with Gasteiger partial charge in [0.05, 0.1) is 22.0 Å². The molecule has 2 N–H and O–H groups in total. The quantitative estimate of drug-likeness (QED) is 0.556. The SMILES string of the molecule is CN(C(=O)c1cc(=O)[nH]c2ccc(S(=O)(=O)Nc3ccc(F)cc3)cc12)[C@H]1CCS(=O)(=O)C1. The molecule has 33 heavy (non-hydrogen) atoms. The van der Waals surface area contributed by atoms with Gasteiger partial charge in [-0.05, 0) is 48.9 Å². The molecule has 0 radical (unpaired) electrons. The molecule has 1 atom stereocenters. The zero-order chi connectivity index (χ0) is 24.0. The Balaban J connectivity index is 1.73. The molecule has 1 aliphatic heterocycles. The number of anilines is 1. The van der Waals surface area contributed by atoms with Gasteiger partial charge in [0.2, 0.25) is 5.56 Å². The summed E-state index contributed by atoms with van der Waals surface area (Å²) < 4.78 is 64.8. The summed E-state index contributed by atoms with van der Waals surface area (Å²) in [4.78, 5) is 29.0. The molecule has 3 aromatic rings. The third kappa shape index (κ3) is 4.76. The summed E-state index contributed by atoms with van der Waals surface area (Å²) >= 11 is 0. The Morgan fingerprint density at radius 2 is 1.85 bits per heavy atom. The number of fused-ring (bicyclic) bond motifs is 1. The van der Waals surface area contributed by atoms with Gasteiger partial charge in [-0.3, -0.25) is 14.3 Å². The molecule has 174 valence electrons. The number of aromatic amines is 1. The minimum Gasteiger partial charge on any atom is -0.338 e. The topological polar surface area (TPSA) is 133 Å². The van der Waals surface area contributed by atoms with Crippen LogP contribution in [-0.2, 0) is 19.9 Å². The first-order chi connectivity index (χ1) is 15.4. The summed E-state index contributed by atoms with van der Waals surface area (Å²) in [5, 5.41) is 0.189. The molecule has 1 amide bonds. The van der Waals surface area contributed by atoms with Gasteiger partial charge in [0.15, 0.2) is 9.84 Å². The predicted molar refractivity (Wildman–Crippen MR) is 121 cm³/mol. The van der Waals surface area contributed by atoms with E-state index in [9.17, 15) is 30.8 Å². The number of halogens is 1. The zero-order valence-corrected chi connectivity index (χ0v) is 19.0. The monoisotopic (exact) mass is 493 g/mol. The fourth-order valence-corrected chi connectivity index (χ4v) is 6.60. The number of nitrogens with one attached hydrogen (secondary N) is 2. The molecule has 1 fully saturated rings. The highest BCUT2D eigenvalue weighted by Gasteiger charge is 2.33. The van der Waals surface area contributed by atoms with Crippen molar-refractivity contribution in [3.8, 4) is 0 Å². The van der Waals surface area contributed by atoms with E-state index < -0.39 is 43.2 Å². The number of H-pyrrole nitrogens is 1. The summed E-state index contributed by atoms with van der Waals surface area (Å²) in [6.07, 6.45) is 0.285. The van der Waals surface area contributed by atoms with Crippen LogP contribution < -0.4 is 10.3 Å². The molecule has 1 aromatic heterocycles. The molecular weight excluding hydrogens is 473 g/mol. The molecule has 2 aromatic carbocycles. The van der Waals surface area contributed by atoms with Crippen LogP contribution in [0.15, 0.2) is 58.2 Å². The van der Waals surface area contributed by atoms with Crippen molar-refractivity contribution in [3.63, 3.8) is 0 Å². The van der Waals surface area contributed by atoms with Crippen LogP contribution in [0.4, 0.5) is 10.1 Å². The number of benzene rings is 2. The maximum absolute atomic E-state index is 13.2. The van der Waals surface area contributed by atoms with Crippen LogP contribution in [0.5, 0.6) is 0 Å². The van der Waals surface area contributed by atoms with Gasteiger partial charge in [0, 0.05) is 35.7 Å². The minimum atomic E-state index is -4.09. The number of hydrogen-bond donors (Lipinski definition) is 2. The van der Waals surface area contributed by atoms with E-state index in [2.05, 4.69) is 9.71 Å². The number of pyridine rings is 1. The Morgan fingerprint density at radius 3 is 2.48 bits per heavy atom. The Morgan fingerprint density at radius 1 is 1.15 bits per heavy atom. The van der Waals surface area contributed by atoms with E-state index in [1.165, 1.54) is 42.3 Å². The molecule has 0 unspecified atom stereocenters. The summed E-state index contributed by atoms with van der Waals surface area (Å²) in [6, 6.07) is 9.17. The van der Waals surface area contributed by atoms with Crippen LogP contribution >= 0.6 is 0 Å². The number of nitrogens with zero attached hydrogens (tertiary/aromatic N) is 1. The number of aromatic nitrogens is 1. The molecule has 1 aliphatic rings. The minimum absolute atomic E-state index is 0.0249. The Labute approximate surface area is 189 Å². The van der Waals surface area contributed by atoms with Crippen molar-refractivity contribution in [2.24, 2.45) is 0 Å². The number of carbonyl (C=O) groups is 1. The van der Waals surface area contributed by atoms with E-state index in [4.69, 9.17) is 0 Å². The maximum Gasteiger partial charge on any atom is 0.261 e. The molecule has 4 rings (SSSR count). The fraction of sp³-hybridized carbons (Fsp3) is 0.238. The van der Waals surface area contributed by atoms with Crippen molar-refractivity contribution >= 4 is 42.4 Å². The van der Waals surface area contributed by atoms with Crippen molar-refractivity contribution < 1.29 is 26.0 Å². The standard InChI is InChI=1S/C21H20FN3O6S2/c1-25(15-8-9-32(28,29)12-15)21(27)18-11-20(26)23-19-7-6-16(10-17(18)19)33(30,31)24-14-4-2-13(22)3-5-14/h2-7,10-11,15,24H,8-9,12H2,1H3,(H,23,26)/t15-/m0/s1. The molecule has 2 heterocycles. The Bertz CT molecular complexity index is 1520. The van der Waals surface area contributed by atoms with Crippen LogP contribution in [-0.4, -0.2) is 57.2 Å². The zero-order valence-electron chi connectivity index (χ0n) is 17.4. The maximum atomic E-state index is 13.2. The lowest BCUT2D eigenvalue weighted by atomic mass is 10.1. The van der Waals surface area contributed by atoms with E-state index in [0.717, 1.165) is 18.2 Å². The number of sulfone groups is 1. The van der Waals surface area contributed by atoms with E-state index in [1.807, 2.05) is 0 Å². The lowest BCUT2D eigenvalue weighted by molar-refractivity contribution is 0.0749. The van der Waals surface area contributed by atoms with Crippen molar-refractivity contribution in [2.45, 2.75) is 17.4 Å². The average Bonchev–Trinajstić information content (AvgIpc) is 3.12. The molecule has 9 nitrogen and oxygen atoms in total. The first-order valence-corrected chi connectivity index (χ1v) is 13.2. The predicted octanol–water partition coefficient (Wildman–Crippen LogP) is 1.73. The van der Waals surface area contributed by atoms with Crippen LogP contribution in [0.3, 0.4) is 0 Å². The van der Waals surface area contributed by atoms with Gasteiger partial charge in [-0.1, -0.05) is 0 Å². The molecule has 0 aliphatic carbocycles. The van der Waals surface area contributed by atoms with Crippen molar-refractivity contribution in [1.82, 2.24) is 9.88 Å². The van der Waals surface area contributed by atoms with Crippen LogP contribution in [0, 0.1) is 5.82 Å². The first-order valence-electron chi connectivity index (χ1n) is 9.88. The number of rotatable bonds is 5. The van der Waals surface area contributed by atoms with Crippen LogP contribution in [0.1, 0.15) is 16.8 Å². The van der Waals surface area contributed by atoms with Gasteiger partial charge in [-0.2, -0.15) is 0 Å². The highest BCUT2D eigenvalue weighted by Crippen LogP contribution is 2.25. The second kappa shape index (κ2) is 8.27. The van der Waals surface area contributed by atoms with Gasteiger partial charge in [-0.15, -0.1) is 0 Å². The van der Waals surface area contributed by atoms with Crippen molar-refractivity contribution in [1.29, 1.82) is 0 Å². The highest BCUT2D eigenvalue weighted by molar-refractivity contribution is 7.92. The third-order valence-corrected chi connectivity index (χ3v) is 8.66. The highest BCUT2D eigenvalue weighted by atomic mass is 32.2. The van der Waals surface area contributed by atoms with Crippen molar-refractivity contribution in [2.75, 3.05) is 23.3 Å². The molecule has 0 spiro atoms. The van der Waals surface area contributed by atoms with Crippen LogP contribution in [0.25, 0.3) is 10.9 Å². The number of carbonyl (C=O) groups excluding carboxylic acids is 1. The van der Waals surface area contributed by atoms with Crippen molar-refractivity contribution in [3.05, 3.63) is 70.3 Å². The summed E-state index contributed by atoms with van der Waals surface area (Å²) in [5.74, 6) is -1.30. The van der Waals surface area contributed by atoms with E-state index >= 15 is 0 Å². The van der Waals surface area contributed by atoms with Gasteiger partial charge in [0.1, 0.15) is 5.82 Å². The number of hydrogen-bond acceptors (Lipinski definition) is 6. The fourth-order valence-electron chi connectivity index (χ4n) is 3.75. The Kier molecular flexibility index (Phi) is 5.74. The molecule has 12 heteroatoms. The first kappa shape index (κ1) is 22.9. The van der Waals surface area contributed by atoms with Gasteiger partial charge >= 0.3 is 0 Å². The number of sulfonamides is 1. The van der Waals surface area contributed by atoms with E-state index in [0.29, 0.717) is 0 Å². The van der Waals surface area contributed by atoms with E-state index in [-0.39, 0.29) is 45.0 Å². The Hall–Kier alpha value is -3.25. The third-order valence-electron chi connectivity index (χ3n) is 5.53.